The van der Waals surface area contributed by atoms with Crippen LogP contribution in [0.15, 0.2) is 11.6 Å². The van der Waals surface area contributed by atoms with Crippen LogP contribution in [0.2, 0.25) is 0 Å². The summed E-state index contributed by atoms with van der Waals surface area (Å²) >= 11 is 0. The molecule has 7 N–H and O–H groups in total. The van der Waals surface area contributed by atoms with E-state index in [1.807, 2.05) is 20.8 Å². The largest absolute Gasteiger partial charge is 2.00 e. The van der Waals surface area contributed by atoms with E-state index in [0.717, 1.165) is 44.1 Å². The van der Waals surface area contributed by atoms with Crippen LogP contribution in [0, 0.1) is 45.3 Å². The van der Waals surface area contributed by atoms with E-state index in [0.29, 0.717) is 31.1 Å². The summed E-state index contributed by atoms with van der Waals surface area (Å²) < 4.78 is 28.6. The number of phosphoric acid groups is 1. The van der Waals surface area contributed by atoms with Gasteiger partial charge in [-0.05, 0) is 124 Å². The number of aliphatic hydroxyl groups is 5. The third kappa shape index (κ3) is 7.96. The van der Waals surface area contributed by atoms with Crippen molar-refractivity contribution < 1.29 is 83.4 Å². The van der Waals surface area contributed by atoms with Gasteiger partial charge in [0.15, 0.2) is 6.29 Å². The average molecular weight is 750 g/mol. The molecule has 4 unspecified atom stereocenters. The second-order valence-electron chi connectivity index (χ2n) is 17.9. The number of hydrogen-bond acceptors (Lipinski definition) is 9. The van der Waals surface area contributed by atoms with E-state index >= 15 is 0 Å². The molecule has 11 nitrogen and oxygen atoms in total. The van der Waals surface area contributed by atoms with E-state index < -0.39 is 56.8 Å². The Balaban J connectivity index is 0.00000338. The molecule has 1 saturated heterocycles. The Morgan fingerprint density at radius 1 is 0.900 bits per heavy atom. The van der Waals surface area contributed by atoms with Crippen LogP contribution >= 0.6 is 7.82 Å². The first-order valence-corrected chi connectivity index (χ1v) is 19.6. The minimum atomic E-state index is -4.89. The van der Waals surface area contributed by atoms with Gasteiger partial charge in [0.05, 0.1) is 24.4 Å². The van der Waals surface area contributed by atoms with Gasteiger partial charge in [-0.25, -0.2) is 4.57 Å². The van der Waals surface area contributed by atoms with Gasteiger partial charge in [0, 0.05) is 0 Å². The van der Waals surface area contributed by atoms with Crippen LogP contribution in [0.3, 0.4) is 0 Å². The van der Waals surface area contributed by atoms with Gasteiger partial charge in [-0.2, -0.15) is 0 Å². The Kier molecular flexibility index (Phi) is 14.7. The van der Waals surface area contributed by atoms with Crippen LogP contribution in [0.1, 0.15) is 113 Å². The molecule has 15 atom stereocenters. The van der Waals surface area contributed by atoms with Crippen molar-refractivity contribution >= 4 is 30.9 Å². The molecule has 5 aliphatic rings. The van der Waals surface area contributed by atoms with E-state index in [1.54, 1.807) is 0 Å². The van der Waals surface area contributed by atoms with Gasteiger partial charge in [0.25, 0.3) is 0 Å². The molecule has 4 saturated carbocycles. The first-order chi connectivity index (χ1) is 22.0. The maximum Gasteiger partial charge on any atom is 2.00 e. The number of aliphatic hydroxyl groups excluding tert-OH is 5. The zero-order valence-electron chi connectivity index (χ0n) is 31.9. The SMILES string of the molecule is CC(C)=CCC[C@](C)(O[C@@H]1O[C@H](COP(=O)(O)O)[C@@H](O)[C@H](O)[C@H]1O)C1CC[C@]2(C)C1[C@H](O)CC1[C@@]3(C)CC[C@H](O)C(C)(C)C3CC[C@]12C.[Mg+2].[Na+]. The molecule has 278 valence electrons. The summed E-state index contributed by atoms with van der Waals surface area (Å²) in [5.41, 5.74) is -0.250. The van der Waals surface area contributed by atoms with E-state index in [2.05, 4.69) is 45.2 Å². The summed E-state index contributed by atoms with van der Waals surface area (Å²) in [4.78, 5) is 18.5. The van der Waals surface area contributed by atoms with Gasteiger partial charge in [-0.15, -0.1) is 0 Å². The van der Waals surface area contributed by atoms with Crippen LogP contribution in [-0.4, -0.2) is 113 Å². The van der Waals surface area contributed by atoms with Gasteiger partial charge in [0.1, 0.15) is 24.4 Å². The second-order valence-corrected chi connectivity index (χ2v) is 19.1. The Bertz CT molecular complexity index is 1260. The zero-order valence-corrected chi connectivity index (χ0v) is 36.2. The number of rotatable bonds is 9. The Hall–Kier alpha value is 1.34. The van der Waals surface area contributed by atoms with Crippen molar-refractivity contribution in [3.05, 3.63) is 11.6 Å². The molecule has 0 spiro atoms. The number of fused-ring (bicyclic) bond motifs is 5. The summed E-state index contributed by atoms with van der Waals surface area (Å²) in [7, 11) is -4.89. The number of ether oxygens (including phenoxy) is 2. The minimum Gasteiger partial charge on any atom is -0.393 e. The third-order valence-electron chi connectivity index (χ3n) is 14.8. The molecule has 14 heteroatoms. The fourth-order valence-corrected chi connectivity index (χ4v) is 12.3. The van der Waals surface area contributed by atoms with Crippen molar-refractivity contribution in [3.63, 3.8) is 0 Å². The van der Waals surface area contributed by atoms with E-state index in [4.69, 9.17) is 9.47 Å². The monoisotopic (exact) mass is 749 g/mol. The summed E-state index contributed by atoms with van der Waals surface area (Å²) in [6.07, 6.45) is 0.805. The van der Waals surface area contributed by atoms with Crippen LogP contribution in [0.4, 0.5) is 0 Å². The van der Waals surface area contributed by atoms with Crippen molar-refractivity contribution in [1.82, 2.24) is 0 Å². The number of allylic oxidation sites excluding steroid dienone is 2. The maximum absolute atomic E-state index is 12.3. The van der Waals surface area contributed by atoms with Gasteiger partial charge >= 0.3 is 60.4 Å². The molecule has 0 aromatic rings. The predicted octanol–water partition coefficient (Wildman–Crippen LogP) is 1.07. The average Bonchev–Trinajstić information content (AvgIpc) is 3.36. The summed E-state index contributed by atoms with van der Waals surface area (Å²) in [6.45, 7) is 17.0. The summed E-state index contributed by atoms with van der Waals surface area (Å²) in [6, 6.07) is 0. The molecule has 50 heavy (non-hydrogen) atoms. The quantitative estimate of drug-likeness (QED) is 0.102. The molecule has 0 amide bonds. The van der Waals surface area contributed by atoms with E-state index in [-0.39, 0.29) is 92.2 Å². The number of hydrogen-bond donors (Lipinski definition) is 7. The molecule has 0 bridgehead atoms. The topological polar surface area (TPSA) is 186 Å². The molecule has 4 aliphatic carbocycles. The second kappa shape index (κ2) is 16.1. The molecule has 5 rings (SSSR count). The molecule has 5 fully saturated rings. The molecular formula is C36H63MgNaO11P+3. The van der Waals surface area contributed by atoms with Crippen LogP contribution in [0.5, 0.6) is 0 Å². The van der Waals surface area contributed by atoms with Crippen molar-refractivity contribution in [2.45, 2.75) is 162 Å². The van der Waals surface area contributed by atoms with Gasteiger partial charge in [0.2, 0.25) is 0 Å². The molecule has 0 aromatic heterocycles. The van der Waals surface area contributed by atoms with Crippen molar-refractivity contribution in [2.75, 3.05) is 6.61 Å². The van der Waals surface area contributed by atoms with E-state index in [1.165, 1.54) is 0 Å². The molecule has 1 heterocycles. The van der Waals surface area contributed by atoms with Crippen LogP contribution in [-0.2, 0) is 18.6 Å². The van der Waals surface area contributed by atoms with Crippen molar-refractivity contribution in [1.29, 1.82) is 0 Å². The summed E-state index contributed by atoms with van der Waals surface area (Å²) in [5, 5.41) is 55.7. The normalized spacial score (nSPS) is 46.6. The third-order valence-corrected chi connectivity index (χ3v) is 15.3. The standard InChI is InChI=1S/C36H63O11P.Mg.Na/c1-20(2)10-9-14-36(8,47-31-30(41)29(40)28(39)23(46-31)19-45-48(42,43)44)21-11-16-35(7)27(21)22(37)18-25-33(5)15-13-26(38)32(3,4)24(33)12-17-34(25,35)6;;/h10,21-31,37-41H,9,11-19H2,1-8H3,(H2,42,43,44);;/q;+2;+1/t21?,22-,23-,24?,25?,26+,27?,28-,29+,30-,31+,33+,34-,35-,36+;;/m1../s1. The number of phosphoric ester groups is 1. The van der Waals surface area contributed by atoms with Gasteiger partial charge in [-0.3, -0.25) is 4.52 Å². The maximum atomic E-state index is 12.3. The predicted molar refractivity (Wildman–Crippen MR) is 185 cm³/mol. The fraction of sp³-hybridized carbons (Fsp3) is 0.944. The van der Waals surface area contributed by atoms with Crippen molar-refractivity contribution in [3.8, 4) is 0 Å². The fourth-order valence-electron chi connectivity index (χ4n) is 12.0. The van der Waals surface area contributed by atoms with Gasteiger partial charge in [-0.1, -0.05) is 46.3 Å². The van der Waals surface area contributed by atoms with Crippen molar-refractivity contribution in [2.24, 2.45) is 45.3 Å². The van der Waals surface area contributed by atoms with Crippen LogP contribution < -0.4 is 29.6 Å². The first-order valence-electron chi connectivity index (χ1n) is 18.1. The van der Waals surface area contributed by atoms with Gasteiger partial charge < -0.3 is 44.8 Å². The molecule has 0 aromatic carbocycles. The minimum absolute atomic E-state index is 0. The zero-order chi connectivity index (χ0) is 35.8. The Morgan fingerprint density at radius 3 is 2.12 bits per heavy atom. The molecular weight excluding hydrogens is 687 g/mol. The Labute approximate surface area is 337 Å². The Morgan fingerprint density at radius 2 is 1.52 bits per heavy atom. The molecule has 1 aliphatic heterocycles. The smallest absolute Gasteiger partial charge is 0.393 e. The summed E-state index contributed by atoms with van der Waals surface area (Å²) in [5.74, 6) is 0.421. The molecule has 0 radical (unpaired) electrons. The first kappa shape index (κ1) is 45.7. The van der Waals surface area contributed by atoms with E-state index in [9.17, 15) is 39.9 Å². The van der Waals surface area contributed by atoms with Crippen LogP contribution in [0.25, 0.3) is 0 Å².